The van der Waals surface area contributed by atoms with Gasteiger partial charge in [-0.15, -0.1) is 5.10 Å². The van der Waals surface area contributed by atoms with E-state index in [2.05, 4.69) is 19.6 Å². The van der Waals surface area contributed by atoms with E-state index in [4.69, 9.17) is 4.74 Å². The largest absolute Gasteiger partial charge is 0.367 e. The molecule has 0 radical (unpaired) electrons. The van der Waals surface area contributed by atoms with E-state index in [-0.39, 0.29) is 12.0 Å². The van der Waals surface area contributed by atoms with Crippen LogP contribution < -0.4 is 0 Å². The minimum absolute atomic E-state index is 0.0328. The van der Waals surface area contributed by atoms with Crippen molar-refractivity contribution >= 4 is 17.4 Å². The minimum atomic E-state index is -0.294. The number of aromatic nitrogens is 4. The molecule has 2 aromatic heterocycles. The van der Waals surface area contributed by atoms with Gasteiger partial charge in [0.1, 0.15) is 11.0 Å². The zero-order valence-electron chi connectivity index (χ0n) is 13.4. The van der Waals surface area contributed by atoms with Gasteiger partial charge in [-0.05, 0) is 37.9 Å². The molecule has 3 rings (SSSR count). The molecule has 1 amide bonds. The topological polar surface area (TPSA) is 81.1 Å². The summed E-state index contributed by atoms with van der Waals surface area (Å²) in [5.74, 6) is 0.604. The molecule has 0 aliphatic carbocycles. The van der Waals surface area contributed by atoms with Crippen LogP contribution in [0.25, 0.3) is 0 Å². The lowest BCUT2D eigenvalue weighted by atomic mass is 10.2. The van der Waals surface area contributed by atoms with Crippen LogP contribution in [0.3, 0.4) is 0 Å². The highest BCUT2D eigenvalue weighted by molar-refractivity contribution is 7.08. The Bertz CT molecular complexity index is 697. The van der Waals surface area contributed by atoms with Gasteiger partial charge in [-0.25, -0.2) is 9.97 Å². The summed E-state index contributed by atoms with van der Waals surface area (Å²) < 4.78 is 9.68. The fourth-order valence-corrected chi connectivity index (χ4v) is 3.35. The number of morpholine rings is 1. The minimum Gasteiger partial charge on any atom is -0.367 e. The number of hydrogen-bond acceptors (Lipinski definition) is 7. The van der Waals surface area contributed by atoms with E-state index in [9.17, 15) is 4.79 Å². The molecule has 1 aliphatic rings. The lowest BCUT2D eigenvalue weighted by molar-refractivity contribution is -0.0268. The maximum atomic E-state index is 12.7. The van der Waals surface area contributed by atoms with Crippen LogP contribution in [0.2, 0.25) is 0 Å². The molecule has 0 spiro atoms. The monoisotopic (exact) mass is 333 g/mol. The number of rotatable bonds is 3. The Balaban J connectivity index is 1.79. The SMILES string of the molecule is CCc1nnsc1C(=O)N1CCO[C@H](c2nc(C)cc(C)n2)C1. The summed E-state index contributed by atoms with van der Waals surface area (Å²) in [6.07, 6.45) is 0.406. The van der Waals surface area contributed by atoms with Gasteiger partial charge in [0.15, 0.2) is 5.82 Å². The zero-order chi connectivity index (χ0) is 16.4. The summed E-state index contributed by atoms with van der Waals surface area (Å²) in [5.41, 5.74) is 2.56. The molecule has 8 heteroatoms. The molecule has 0 unspecified atom stereocenters. The lowest BCUT2D eigenvalue weighted by Crippen LogP contribution is -2.42. The molecule has 0 saturated carbocycles. The molecule has 0 bridgehead atoms. The highest BCUT2D eigenvalue weighted by Gasteiger charge is 2.30. The van der Waals surface area contributed by atoms with Crippen molar-refractivity contribution in [1.29, 1.82) is 0 Å². The Morgan fingerprint density at radius 1 is 1.39 bits per heavy atom. The van der Waals surface area contributed by atoms with Gasteiger partial charge < -0.3 is 9.64 Å². The fraction of sp³-hybridized carbons (Fsp3) is 0.533. The van der Waals surface area contributed by atoms with Gasteiger partial charge in [-0.3, -0.25) is 4.79 Å². The van der Waals surface area contributed by atoms with Crippen molar-refractivity contribution < 1.29 is 9.53 Å². The van der Waals surface area contributed by atoms with Crippen LogP contribution >= 0.6 is 11.5 Å². The van der Waals surface area contributed by atoms with E-state index < -0.39 is 0 Å². The van der Waals surface area contributed by atoms with Crippen LogP contribution in [0.5, 0.6) is 0 Å². The molecule has 1 saturated heterocycles. The smallest absolute Gasteiger partial charge is 0.267 e. The number of carbonyl (C=O) groups is 1. The first-order valence-electron chi connectivity index (χ1n) is 7.62. The molecular formula is C15H19N5O2S. The number of carbonyl (C=O) groups excluding carboxylic acids is 1. The Kier molecular flexibility index (Phi) is 4.63. The Morgan fingerprint density at radius 3 is 2.83 bits per heavy atom. The van der Waals surface area contributed by atoms with E-state index in [0.29, 0.717) is 36.8 Å². The Labute approximate surface area is 138 Å². The summed E-state index contributed by atoms with van der Waals surface area (Å²) in [4.78, 5) is 24.0. The average molecular weight is 333 g/mol. The molecule has 7 nitrogen and oxygen atoms in total. The van der Waals surface area contributed by atoms with Crippen molar-refractivity contribution in [1.82, 2.24) is 24.5 Å². The van der Waals surface area contributed by atoms with E-state index in [1.807, 2.05) is 26.8 Å². The quantitative estimate of drug-likeness (QED) is 0.851. The second-order valence-electron chi connectivity index (χ2n) is 5.52. The predicted octanol–water partition coefficient (Wildman–Crippen LogP) is 1.72. The average Bonchev–Trinajstić information content (AvgIpc) is 3.02. The third-order valence-electron chi connectivity index (χ3n) is 3.73. The molecular weight excluding hydrogens is 314 g/mol. The Morgan fingerprint density at radius 2 is 2.13 bits per heavy atom. The van der Waals surface area contributed by atoms with Crippen molar-refractivity contribution in [3.05, 3.63) is 33.8 Å². The molecule has 23 heavy (non-hydrogen) atoms. The normalized spacial score (nSPS) is 18.2. The predicted molar refractivity (Wildman–Crippen MR) is 85.4 cm³/mol. The standard InChI is InChI=1S/C15H19N5O2S/c1-4-11-13(23-19-18-11)15(21)20-5-6-22-12(8-20)14-16-9(2)7-10(3)17-14/h7,12H,4-6,8H2,1-3H3/t12-/m0/s1. The van der Waals surface area contributed by atoms with Crippen LogP contribution in [0.15, 0.2) is 6.07 Å². The first-order valence-corrected chi connectivity index (χ1v) is 8.40. The molecule has 122 valence electrons. The van der Waals surface area contributed by atoms with E-state index in [0.717, 1.165) is 28.6 Å². The van der Waals surface area contributed by atoms with Gasteiger partial charge in [0.25, 0.3) is 5.91 Å². The summed E-state index contributed by atoms with van der Waals surface area (Å²) in [6.45, 7) is 7.31. The first-order chi connectivity index (χ1) is 11.1. The van der Waals surface area contributed by atoms with Crippen LogP contribution in [-0.2, 0) is 11.2 Å². The van der Waals surface area contributed by atoms with Gasteiger partial charge in [0.05, 0.1) is 18.8 Å². The van der Waals surface area contributed by atoms with Crippen molar-refractivity contribution in [2.75, 3.05) is 19.7 Å². The van der Waals surface area contributed by atoms with Crippen molar-refractivity contribution in [3.8, 4) is 0 Å². The second kappa shape index (κ2) is 6.67. The van der Waals surface area contributed by atoms with Gasteiger partial charge in [-0.1, -0.05) is 11.4 Å². The van der Waals surface area contributed by atoms with Crippen LogP contribution in [0, 0.1) is 13.8 Å². The summed E-state index contributed by atoms with van der Waals surface area (Å²) >= 11 is 1.15. The maximum Gasteiger partial charge on any atom is 0.267 e. The third kappa shape index (κ3) is 3.37. The second-order valence-corrected chi connectivity index (χ2v) is 6.28. The summed E-state index contributed by atoms with van der Waals surface area (Å²) in [5, 5.41) is 4.02. The maximum absolute atomic E-state index is 12.7. The molecule has 1 fully saturated rings. The number of ether oxygens (including phenoxy) is 1. The number of hydrogen-bond donors (Lipinski definition) is 0. The molecule has 2 aromatic rings. The van der Waals surface area contributed by atoms with Gasteiger partial charge in [0.2, 0.25) is 0 Å². The Hall–Kier alpha value is -1.93. The molecule has 1 aliphatic heterocycles. The van der Waals surface area contributed by atoms with E-state index in [1.54, 1.807) is 4.90 Å². The summed E-state index contributed by atoms with van der Waals surface area (Å²) in [6, 6.07) is 1.92. The zero-order valence-corrected chi connectivity index (χ0v) is 14.3. The van der Waals surface area contributed by atoms with Crippen LogP contribution in [0.1, 0.15) is 45.6 Å². The number of amides is 1. The highest BCUT2D eigenvalue weighted by atomic mass is 32.1. The molecule has 1 atom stereocenters. The third-order valence-corrected chi connectivity index (χ3v) is 4.48. The molecule has 0 aromatic carbocycles. The van der Waals surface area contributed by atoms with E-state index >= 15 is 0 Å². The van der Waals surface area contributed by atoms with Gasteiger partial charge in [0, 0.05) is 17.9 Å². The van der Waals surface area contributed by atoms with Crippen molar-refractivity contribution in [3.63, 3.8) is 0 Å². The van der Waals surface area contributed by atoms with E-state index in [1.165, 1.54) is 0 Å². The van der Waals surface area contributed by atoms with Gasteiger partial charge >= 0.3 is 0 Å². The molecule has 3 heterocycles. The number of aryl methyl sites for hydroxylation is 3. The van der Waals surface area contributed by atoms with Crippen molar-refractivity contribution in [2.45, 2.75) is 33.3 Å². The van der Waals surface area contributed by atoms with Crippen LogP contribution in [-0.4, -0.2) is 50.1 Å². The lowest BCUT2D eigenvalue weighted by Gasteiger charge is -2.32. The first kappa shape index (κ1) is 15.9. The molecule has 0 N–H and O–H groups in total. The fourth-order valence-electron chi connectivity index (χ4n) is 2.63. The van der Waals surface area contributed by atoms with Gasteiger partial charge in [-0.2, -0.15) is 0 Å². The number of nitrogens with zero attached hydrogens (tertiary/aromatic N) is 5. The van der Waals surface area contributed by atoms with Crippen molar-refractivity contribution in [2.24, 2.45) is 0 Å². The van der Waals surface area contributed by atoms with Crippen LogP contribution in [0.4, 0.5) is 0 Å². The summed E-state index contributed by atoms with van der Waals surface area (Å²) in [7, 11) is 0. The highest BCUT2D eigenvalue weighted by Crippen LogP contribution is 2.23.